The summed E-state index contributed by atoms with van der Waals surface area (Å²) in [6.07, 6.45) is 2.03. The quantitative estimate of drug-likeness (QED) is 0.451. The van der Waals surface area contributed by atoms with Gasteiger partial charge in [0.25, 0.3) is 0 Å². The second kappa shape index (κ2) is 13.1. The van der Waals surface area contributed by atoms with E-state index in [1.165, 1.54) is 11.4 Å². The van der Waals surface area contributed by atoms with Crippen LogP contribution in [0.25, 0.3) is 0 Å². The van der Waals surface area contributed by atoms with Crippen LogP contribution in [0.1, 0.15) is 44.2 Å². The van der Waals surface area contributed by atoms with Crippen molar-refractivity contribution in [3.63, 3.8) is 0 Å². The fourth-order valence-corrected chi connectivity index (χ4v) is 4.91. The molecule has 1 N–H and O–H groups in total. The van der Waals surface area contributed by atoms with Gasteiger partial charge in [-0.15, -0.1) is 0 Å². The zero-order chi connectivity index (χ0) is 26.0. The van der Waals surface area contributed by atoms with Gasteiger partial charge < -0.3 is 15.0 Å². The number of carbonyl (C=O) groups excluding carboxylic acids is 2. The fraction of sp³-hybridized carbons (Fsp3) is 0.462. The molecule has 0 aromatic heterocycles. The molecule has 35 heavy (non-hydrogen) atoms. The van der Waals surface area contributed by atoms with Crippen LogP contribution in [-0.2, 0) is 26.2 Å². The van der Waals surface area contributed by atoms with Crippen molar-refractivity contribution in [2.24, 2.45) is 0 Å². The fourth-order valence-electron chi connectivity index (χ4n) is 3.95. The summed E-state index contributed by atoms with van der Waals surface area (Å²) in [6.45, 7) is 6.62. The summed E-state index contributed by atoms with van der Waals surface area (Å²) in [5.41, 5.74) is 2.49. The van der Waals surface area contributed by atoms with Gasteiger partial charge in [-0.1, -0.05) is 37.3 Å². The molecule has 2 aromatic carbocycles. The maximum absolute atomic E-state index is 13.4. The molecule has 0 saturated heterocycles. The molecule has 0 saturated carbocycles. The van der Waals surface area contributed by atoms with E-state index < -0.39 is 16.1 Å². The van der Waals surface area contributed by atoms with E-state index in [0.29, 0.717) is 37.4 Å². The zero-order valence-electron chi connectivity index (χ0n) is 21.3. The number of nitrogens with zero attached hydrogens (tertiary/aromatic N) is 2. The molecule has 0 aliphatic rings. The molecule has 0 heterocycles. The zero-order valence-corrected chi connectivity index (χ0v) is 22.1. The van der Waals surface area contributed by atoms with Crippen molar-refractivity contribution in [2.75, 3.05) is 30.8 Å². The van der Waals surface area contributed by atoms with E-state index in [4.69, 9.17) is 4.74 Å². The number of anilines is 1. The summed E-state index contributed by atoms with van der Waals surface area (Å²) >= 11 is 0. The highest BCUT2D eigenvalue weighted by atomic mass is 32.2. The van der Waals surface area contributed by atoms with E-state index in [1.54, 1.807) is 29.2 Å². The predicted molar refractivity (Wildman–Crippen MR) is 139 cm³/mol. The molecule has 0 aliphatic heterocycles. The molecule has 2 rings (SSSR count). The maximum Gasteiger partial charge on any atom is 0.242 e. The number of likely N-dealkylation sites (N-methyl/N-ethyl adjacent to an activating group) is 1. The lowest BCUT2D eigenvalue weighted by molar-refractivity contribution is -0.141. The van der Waals surface area contributed by atoms with Crippen molar-refractivity contribution in [3.05, 3.63) is 59.7 Å². The third kappa shape index (κ3) is 7.99. The van der Waals surface area contributed by atoms with Gasteiger partial charge >= 0.3 is 0 Å². The van der Waals surface area contributed by atoms with Crippen LogP contribution in [0, 0.1) is 6.92 Å². The molecule has 1 atom stereocenters. The van der Waals surface area contributed by atoms with Crippen LogP contribution in [0.4, 0.5) is 5.69 Å². The highest BCUT2D eigenvalue weighted by Crippen LogP contribution is 2.24. The number of aryl methyl sites for hydroxylation is 1. The number of methoxy groups -OCH3 is 1. The first-order valence-electron chi connectivity index (χ1n) is 11.9. The SMILES string of the molecule is CCNC(=O)C(CC)N(Cc1ccccc1C)C(=O)CCCN(c1cccc(OC)c1)S(C)(=O)=O. The first kappa shape index (κ1) is 28.2. The van der Waals surface area contributed by atoms with E-state index in [-0.39, 0.29) is 24.8 Å². The summed E-state index contributed by atoms with van der Waals surface area (Å²) in [7, 11) is -2.05. The molecule has 0 fully saturated rings. The van der Waals surface area contributed by atoms with Crippen LogP contribution in [0.2, 0.25) is 0 Å². The molecular formula is C26H37N3O5S. The van der Waals surface area contributed by atoms with Crippen LogP contribution in [0.5, 0.6) is 5.75 Å². The first-order valence-corrected chi connectivity index (χ1v) is 13.7. The molecule has 2 amide bonds. The average molecular weight is 504 g/mol. The highest BCUT2D eigenvalue weighted by molar-refractivity contribution is 7.92. The lowest BCUT2D eigenvalue weighted by Crippen LogP contribution is -2.49. The van der Waals surface area contributed by atoms with Crippen LogP contribution in [0.15, 0.2) is 48.5 Å². The number of rotatable bonds is 13. The molecule has 0 radical (unpaired) electrons. The predicted octanol–water partition coefficient (Wildman–Crippen LogP) is 3.49. The Labute approximate surface area is 209 Å². The summed E-state index contributed by atoms with van der Waals surface area (Å²) in [5, 5.41) is 2.83. The number of benzene rings is 2. The van der Waals surface area contributed by atoms with Gasteiger partial charge in [0.05, 0.1) is 19.1 Å². The van der Waals surface area contributed by atoms with E-state index in [9.17, 15) is 18.0 Å². The summed E-state index contributed by atoms with van der Waals surface area (Å²) in [5.74, 6) is 0.167. The van der Waals surface area contributed by atoms with Crippen molar-refractivity contribution in [1.82, 2.24) is 10.2 Å². The summed E-state index contributed by atoms with van der Waals surface area (Å²) in [6, 6.07) is 14.0. The van der Waals surface area contributed by atoms with Gasteiger partial charge in [0, 0.05) is 32.1 Å². The second-order valence-electron chi connectivity index (χ2n) is 8.41. The number of nitrogens with one attached hydrogen (secondary N) is 1. The monoisotopic (exact) mass is 503 g/mol. The molecule has 9 heteroatoms. The van der Waals surface area contributed by atoms with Gasteiger partial charge in [0.1, 0.15) is 11.8 Å². The third-order valence-electron chi connectivity index (χ3n) is 5.83. The largest absolute Gasteiger partial charge is 0.497 e. The molecule has 0 spiro atoms. The van der Waals surface area contributed by atoms with Crippen molar-refractivity contribution in [1.29, 1.82) is 0 Å². The molecule has 0 bridgehead atoms. The molecule has 0 aliphatic carbocycles. The highest BCUT2D eigenvalue weighted by Gasteiger charge is 2.29. The van der Waals surface area contributed by atoms with Crippen LogP contribution in [0.3, 0.4) is 0 Å². The van der Waals surface area contributed by atoms with E-state index in [1.807, 2.05) is 45.0 Å². The van der Waals surface area contributed by atoms with Gasteiger partial charge in [-0.2, -0.15) is 0 Å². The lowest BCUT2D eigenvalue weighted by atomic mass is 10.1. The van der Waals surface area contributed by atoms with Crippen LogP contribution >= 0.6 is 0 Å². The smallest absolute Gasteiger partial charge is 0.242 e. The summed E-state index contributed by atoms with van der Waals surface area (Å²) < 4.78 is 31.4. The Morgan fingerprint density at radius 2 is 1.80 bits per heavy atom. The first-order chi connectivity index (χ1) is 16.6. The van der Waals surface area contributed by atoms with Crippen molar-refractivity contribution < 1.29 is 22.7 Å². The molecular weight excluding hydrogens is 466 g/mol. The number of hydrogen-bond donors (Lipinski definition) is 1. The Bertz CT molecular complexity index is 1100. The minimum absolute atomic E-state index is 0.109. The topological polar surface area (TPSA) is 96.0 Å². The maximum atomic E-state index is 13.4. The van der Waals surface area contributed by atoms with E-state index in [2.05, 4.69) is 5.32 Å². The summed E-state index contributed by atoms with van der Waals surface area (Å²) in [4.78, 5) is 27.8. The third-order valence-corrected chi connectivity index (χ3v) is 7.03. The Morgan fingerprint density at radius 1 is 1.09 bits per heavy atom. The van der Waals surface area contributed by atoms with Gasteiger partial charge in [0.15, 0.2) is 0 Å². The number of ether oxygens (including phenoxy) is 1. The minimum atomic E-state index is -3.57. The van der Waals surface area contributed by atoms with Crippen molar-refractivity contribution >= 4 is 27.5 Å². The van der Waals surface area contributed by atoms with Crippen LogP contribution < -0.4 is 14.4 Å². The van der Waals surface area contributed by atoms with E-state index in [0.717, 1.165) is 17.4 Å². The normalized spacial score (nSPS) is 12.0. The average Bonchev–Trinajstić information content (AvgIpc) is 2.82. The number of hydrogen-bond acceptors (Lipinski definition) is 5. The Balaban J connectivity index is 2.22. The second-order valence-corrected chi connectivity index (χ2v) is 10.3. The Morgan fingerprint density at radius 3 is 2.40 bits per heavy atom. The Kier molecular flexibility index (Phi) is 10.6. The number of amides is 2. The standard InChI is InChI=1S/C26H37N3O5S/c1-6-24(26(31)27-7-2)28(19-21-13-9-8-12-20(21)3)25(30)16-11-17-29(35(5,32)33)22-14-10-15-23(18-22)34-4/h8-10,12-15,18,24H,6-7,11,16-17,19H2,1-5H3,(H,27,31). The van der Waals surface area contributed by atoms with Crippen molar-refractivity contribution in [3.8, 4) is 5.75 Å². The molecule has 2 aromatic rings. The molecule has 1 unspecified atom stereocenters. The van der Waals surface area contributed by atoms with Gasteiger partial charge in [-0.3, -0.25) is 13.9 Å². The van der Waals surface area contributed by atoms with E-state index >= 15 is 0 Å². The lowest BCUT2D eigenvalue weighted by Gasteiger charge is -2.31. The number of sulfonamides is 1. The van der Waals surface area contributed by atoms with Gasteiger partial charge in [-0.25, -0.2) is 8.42 Å². The molecule has 8 nitrogen and oxygen atoms in total. The van der Waals surface area contributed by atoms with Gasteiger partial charge in [0.2, 0.25) is 21.8 Å². The van der Waals surface area contributed by atoms with Crippen LogP contribution in [-0.4, -0.2) is 57.6 Å². The van der Waals surface area contributed by atoms with Crippen molar-refractivity contribution in [2.45, 2.75) is 52.6 Å². The Hall–Kier alpha value is -3.07. The minimum Gasteiger partial charge on any atom is -0.497 e. The van der Waals surface area contributed by atoms with Gasteiger partial charge in [-0.05, 0) is 49.9 Å². The number of carbonyl (C=O) groups is 2. The molecule has 192 valence electrons.